The van der Waals surface area contributed by atoms with Crippen LogP contribution in [0.15, 0.2) is 54.6 Å². The number of methoxy groups -OCH3 is 1. The number of benzene rings is 2. The molecule has 1 atom stereocenters. The van der Waals surface area contributed by atoms with Crippen molar-refractivity contribution in [3.63, 3.8) is 0 Å². The van der Waals surface area contributed by atoms with Crippen LogP contribution in [0.3, 0.4) is 0 Å². The highest BCUT2D eigenvalue weighted by molar-refractivity contribution is 5.86. The van der Waals surface area contributed by atoms with Crippen LogP contribution in [0.1, 0.15) is 103 Å². The van der Waals surface area contributed by atoms with Gasteiger partial charge in [0.05, 0.1) is 24.4 Å². The molecule has 0 aliphatic heterocycles. The minimum atomic E-state index is -0.588. The second kappa shape index (κ2) is 17.2. The van der Waals surface area contributed by atoms with E-state index in [9.17, 15) is 5.11 Å². The van der Waals surface area contributed by atoms with Crippen molar-refractivity contribution >= 4 is 10.9 Å². The lowest BCUT2D eigenvalue weighted by atomic mass is 9.99. The van der Waals surface area contributed by atoms with Gasteiger partial charge in [0.1, 0.15) is 5.75 Å². The molecule has 0 spiro atoms. The molecule has 2 aromatic carbocycles. The van der Waals surface area contributed by atoms with Crippen molar-refractivity contribution in [1.82, 2.24) is 9.88 Å². The Labute approximate surface area is 231 Å². The van der Waals surface area contributed by atoms with Gasteiger partial charge in [0, 0.05) is 17.5 Å². The number of fused-ring (bicyclic) bond motifs is 1. The molecule has 0 amide bonds. The third kappa shape index (κ3) is 9.71. The Hall–Kier alpha value is -2.43. The number of hydrogen-bond acceptors (Lipinski definition) is 4. The van der Waals surface area contributed by atoms with Crippen LogP contribution < -0.4 is 4.74 Å². The van der Waals surface area contributed by atoms with Crippen molar-refractivity contribution < 1.29 is 9.84 Å². The smallest absolute Gasteiger partial charge is 0.119 e. The number of aliphatic hydroxyl groups is 1. The van der Waals surface area contributed by atoms with E-state index in [2.05, 4.69) is 36.9 Å². The molecular formula is C34H50N2O2. The molecule has 4 nitrogen and oxygen atoms in total. The monoisotopic (exact) mass is 518 g/mol. The first-order chi connectivity index (χ1) is 18.7. The standard InChI is InChI=1S/C34H50N2O2/c1-4-6-8-10-12-17-23-36(24-18-13-11-9-7-5-2)27-34(37)31-26-33(28-19-15-14-16-20-28)35-32-22-21-29(38-3)25-30(31)32/h14-16,19-22,25-26,34,37H,4-13,17-18,23-24,27H2,1-3H3. The van der Waals surface area contributed by atoms with E-state index in [1.807, 2.05) is 36.4 Å². The van der Waals surface area contributed by atoms with Gasteiger partial charge in [-0.15, -0.1) is 0 Å². The molecule has 0 radical (unpaired) electrons. The fraction of sp³-hybridized carbons (Fsp3) is 0.559. The maximum absolute atomic E-state index is 11.7. The summed E-state index contributed by atoms with van der Waals surface area (Å²) in [6.45, 7) is 7.29. The molecule has 1 unspecified atom stereocenters. The summed E-state index contributed by atoms with van der Waals surface area (Å²) in [5.41, 5.74) is 3.79. The molecule has 1 N–H and O–H groups in total. The first-order valence-electron chi connectivity index (χ1n) is 15.1. The number of pyridine rings is 1. The number of unbranched alkanes of at least 4 members (excludes halogenated alkanes) is 10. The van der Waals surface area contributed by atoms with Crippen LogP contribution in [0.2, 0.25) is 0 Å². The molecule has 0 aliphatic rings. The van der Waals surface area contributed by atoms with Gasteiger partial charge in [0.2, 0.25) is 0 Å². The summed E-state index contributed by atoms with van der Waals surface area (Å²) in [7, 11) is 1.69. The highest BCUT2D eigenvalue weighted by Gasteiger charge is 2.19. The minimum Gasteiger partial charge on any atom is -0.497 e. The van der Waals surface area contributed by atoms with Gasteiger partial charge in [0.25, 0.3) is 0 Å². The zero-order chi connectivity index (χ0) is 27.0. The molecule has 0 aliphatic carbocycles. The maximum atomic E-state index is 11.7. The second-order valence-corrected chi connectivity index (χ2v) is 10.7. The summed E-state index contributed by atoms with van der Waals surface area (Å²) in [6, 6.07) is 18.3. The molecule has 4 heteroatoms. The number of hydrogen-bond donors (Lipinski definition) is 1. The van der Waals surface area contributed by atoms with Gasteiger partial charge in [-0.1, -0.05) is 108 Å². The van der Waals surface area contributed by atoms with Crippen LogP contribution >= 0.6 is 0 Å². The molecule has 208 valence electrons. The Morgan fingerprint density at radius 3 is 1.97 bits per heavy atom. The molecular weight excluding hydrogens is 468 g/mol. The van der Waals surface area contributed by atoms with Crippen molar-refractivity contribution in [2.45, 2.75) is 97.0 Å². The fourth-order valence-electron chi connectivity index (χ4n) is 5.26. The minimum absolute atomic E-state index is 0.588. The Morgan fingerprint density at radius 2 is 1.37 bits per heavy atom. The van der Waals surface area contributed by atoms with Gasteiger partial charge in [-0.05, 0) is 55.8 Å². The van der Waals surface area contributed by atoms with E-state index >= 15 is 0 Å². The molecule has 0 saturated carbocycles. The van der Waals surface area contributed by atoms with Gasteiger partial charge in [-0.3, -0.25) is 0 Å². The summed E-state index contributed by atoms with van der Waals surface area (Å²) in [5, 5.41) is 12.6. The highest BCUT2D eigenvalue weighted by Crippen LogP contribution is 2.31. The largest absolute Gasteiger partial charge is 0.497 e. The van der Waals surface area contributed by atoms with E-state index in [1.165, 1.54) is 77.0 Å². The Bertz CT molecular complexity index is 1040. The van der Waals surface area contributed by atoms with Crippen LogP contribution in [-0.2, 0) is 0 Å². The van der Waals surface area contributed by atoms with Crippen LogP contribution in [-0.4, -0.2) is 41.7 Å². The lowest BCUT2D eigenvalue weighted by Crippen LogP contribution is -2.31. The van der Waals surface area contributed by atoms with Gasteiger partial charge < -0.3 is 14.7 Å². The van der Waals surface area contributed by atoms with Gasteiger partial charge >= 0.3 is 0 Å². The lowest BCUT2D eigenvalue weighted by molar-refractivity contribution is 0.111. The number of aliphatic hydroxyl groups excluding tert-OH is 1. The van der Waals surface area contributed by atoms with Gasteiger partial charge in [0.15, 0.2) is 0 Å². The lowest BCUT2D eigenvalue weighted by Gasteiger charge is -2.26. The number of nitrogens with zero attached hydrogens (tertiary/aromatic N) is 2. The third-order valence-corrected chi connectivity index (χ3v) is 7.56. The van der Waals surface area contributed by atoms with Crippen molar-refractivity contribution in [3.8, 4) is 17.0 Å². The molecule has 0 bridgehead atoms. The third-order valence-electron chi connectivity index (χ3n) is 7.56. The number of aromatic nitrogens is 1. The maximum Gasteiger partial charge on any atom is 0.119 e. The normalized spacial score (nSPS) is 12.3. The van der Waals surface area contributed by atoms with E-state index in [-0.39, 0.29) is 0 Å². The van der Waals surface area contributed by atoms with Gasteiger partial charge in [-0.2, -0.15) is 0 Å². The van der Waals surface area contributed by atoms with Crippen molar-refractivity contribution in [1.29, 1.82) is 0 Å². The predicted octanol–water partition coefficient (Wildman–Crippen LogP) is 8.97. The van der Waals surface area contributed by atoms with Crippen LogP contribution in [0.4, 0.5) is 0 Å². The van der Waals surface area contributed by atoms with E-state index in [4.69, 9.17) is 9.72 Å². The molecule has 38 heavy (non-hydrogen) atoms. The fourth-order valence-corrected chi connectivity index (χ4v) is 5.26. The SMILES string of the molecule is CCCCCCCCN(CCCCCCCC)CC(O)c1cc(-c2ccccc2)nc2ccc(OC)cc12. The summed E-state index contributed by atoms with van der Waals surface area (Å²) in [5.74, 6) is 0.788. The summed E-state index contributed by atoms with van der Waals surface area (Å²) in [6.07, 6.45) is 14.9. The van der Waals surface area contributed by atoms with Crippen LogP contribution in [0.25, 0.3) is 22.2 Å². The van der Waals surface area contributed by atoms with Crippen LogP contribution in [0, 0.1) is 0 Å². The first-order valence-corrected chi connectivity index (χ1v) is 15.1. The van der Waals surface area contributed by atoms with E-state index < -0.39 is 6.10 Å². The molecule has 0 saturated heterocycles. The molecule has 1 aromatic heterocycles. The van der Waals surface area contributed by atoms with Crippen molar-refractivity contribution in [2.24, 2.45) is 0 Å². The number of rotatable bonds is 19. The average molecular weight is 519 g/mol. The molecule has 3 rings (SSSR count). The van der Waals surface area contributed by atoms with Crippen molar-refractivity contribution in [2.75, 3.05) is 26.7 Å². The zero-order valence-corrected chi connectivity index (χ0v) is 24.1. The zero-order valence-electron chi connectivity index (χ0n) is 24.1. The summed E-state index contributed by atoms with van der Waals surface area (Å²) < 4.78 is 5.52. The van der Waals surface area contributed by atoms with Gasteiger partial charge in [-0.25, -0.2) is 4.98 Å². The van der Waals surface area contributed by atoms with E-state index in [0.29, 0.717) is 6.54 Å². The molecule has 3 aromatic rings. The Kier molecular flexibility index (Phi) is 13.6. The molecule has 0 fully saturated rings. The topological polar surface area (TPSA) is 45.6 Å². The Morgan fingerprint density at radius 1 is 0.763 bits per heavy atom. The quantitative estimate of drug-likeness (QED) is 0.161. The van der Waals surface area contributed by atoms with E-state index in [1.54, 1.807) is 7.11 Å². The van der Waals surface area contributed by atoms with Crippen LogP contribution in [0.5, 0.6) is 5.75 Å². The summed E-state index contributed by atoms with van der Waals surface area (Å²) >= 11 is 0. The molecule has 1 heterocycles. The average Bonchev–Trinajstić information content (AvgIpc) is 2.95. The van der Waals surface area contributed by atoms with Crippen molar-refractivity contribution in [3.05, 3.63) is 60.2 Å². The second-order valence-electron chi connectivity index (χ2n) is 10.7. The highest BCUT2D eigenvalue weighted by atomic mass is 16.5. The van der Waals surface area contributed by atoms with E-state index in [0.717, 1.165) is 46.6 Å². The Balaban J connectivity index is 1.77. The summed E-state index contributed by atoms with van der Waals surface area (Å²) in [4.78, 5) is 7.43. The number of ether oxygens (including phenoxy) is 1. The first kappa shape index (κ1) is 30.1. The predicted molar refractivity (Wildman–Crippen MR) is 162 cm³/mol.